The number of rotatable bonds is 6. The summed E-state index contributed by atoms with van der Waals surface area (Å²) in [4.78, 5) is 12.1. The van der Waals surface area contributed by atoms with Gasteiger partial charge < -0.3 is 15.8 Å². The van der Waals surface area contributed by atoms with Crippen molar-refractivity contribution in [1.29, 1.82) is 0 Å². The third kappa shape index (κ3) is 3.70. The summed E-state index contributed by atoms with van der Waals surface area (Å²) < 4.78 is 5.51. The standard InChI is InChI=1S/C15H20N2O2S/c1-10(11-5-4-6-11)17-14(18)9-19-13-8-3-2-7-12(13)15(16)20/h2-3,7-8,10-11H,4-6,9H2,1H3,(H2,16,20)(H,17,18). The molecule has 0 bridgehead atoms. The van der Waals surface area contributed by atoms with Crippen LogP contribution >= 0.6 is 12.2 Å². The lowest BCUT2D eigenvalue weighted by Gasteiger charge is -2.31. The summed E-state index contributed by atoms with van der Waals surface area (Å²) in [6.07, 6.45) is 3.67. The van der Waals surface area contributed by atoms with Crippen molar-refractivity contribution in [3.63, 3.8) is 0 Å². The van der Waals surface area contributed by atoms with Gasteiger partial charge in [-0.05, 0) is 37.8 Å². The lowest BCUT2D eigenvalue weighted by molar-refractivity contribution is -0.124. The Morgan fingerprint density at radius 3 is 2.80 bits per heavy atom. The molecular formula is C15H20N2O2S. The molecule has 0 aliphatic heterocycles. The molecule has 5 heteroatoms. The number of para-hydroxylation sites is 1. The second-order valence-corrected chi connectivity index (χ2v) is 5.64. The van der Waals surface area contributed by atoms with Gasteiger partial charge in [0.25, 0.3) is 5.91 Å². The average Bonchev–Trinajstić information content (AvgIpc) is 2.34. The molecule has 1 amide bonds. The molecule has 1 fully saturated rings. The van der Waals surface area contributed by atoms with Crippen LogP contribution in [0.2, 0.25) is 0 Å². The third-order valence-corrected chi connectivity index (χ3v) is 3.98. The van der Waals surface area contributed by atoms with E-state index in [2.05, 4.69) is 5.32 Å². The Hall–Kier alpha value is -1.62. The first-order valence-corrected chi connectivity index (χ1v) is 7.29. The lowest BCUT2D eigenvalue weighted by atomic mass is 9.80. The Kier molecular flexibility index (Phi) is 4.95. The maximum Gasteiger partial charge on any atom is 0.258 e. The zero-order valence-electron chi connectivity index (χ0n) is 11.6. The minimum absolute atomic E-state index is 0.0172. The molecule has 2 rings (SSSR count). The van der Waals surface area contributed by atoms with E-state index >= 15 is 0 Å². The van der Waals surface area contributed by atoms with Crippen LogP contribution in [0.5, 0.6) is 5.75 Å². The van der Waals surface area contributed by atoms with Crippen LogP contribution in [0.3, 0.4) is 0 Å². The number of benzene rings is 1. The first kappa shape index (κ1) is 14.8. The smallest absolute Gasteiger partial charge is 0.258 e. The molecule has 0 saturated heterocycles. The topological polar surface area (TPSA) is 64.3 Å². The third-order valence-electron chi connectivity index (χ3n) is 3.76. The molecule has 1 aromatic rings. The van der Waals surface area contributed by atoms with E-state index in [1.165, 1.54) is 19.3 Å². The fraction of sp³-hybridized carbons (Fsp3) is 0.467. The van der Waals surface area contributed by atoms with Crippen molar-refractivity contribution < 1.29 is 9.53 Å². The van der Waals surface area contributed by atoms with Crippen molar-refractivity contribution >= 4 is 23.1 Å². The van der Waals surface area contributed by atoms with Crippen molar-refractivity contribution in [3.05, 3.63) is 29.8 Å². The fourth-order valence-corrected chi connectivity index (χ4v) is 2.46. The molecule has 1 unspecified atom stereocenters. The second-order valence-electron chi connectivity index (χ2n) is 5.20. The van der Waals surface area contributed by atoms with Gasteiger partial charge in [0.2, 0.25) is 0 Å². The Morgan fingerprint density at radius 2 is 2.20 bits per heavy atom. The van der Waals surface area contributed by atoms with Crippen LogP contribution in [0.4, 0.5) is 0 Å². The number of thiocarbonyl (C=S) groups is 1. The molecular weight excluding hydrogens is 272 g/mol. The molecule has 1 atom stereocenters. The molecule has 1 aliphatic rings. The molecule has 1 aromatic carbocycles. The van der Waals surface area contributed by atoms with Gasteiger partial charge in [-0.25, -0.2) is 0 Å². The number of nitrogens with one attached hydrogen (secondary N) is 1. The number of hydrogen-bond donors (Lipinski definition) is 2. The lowest BCUT2D eigenvalue weighted by Crippen LogP contribution is -2.42. The van der Waals surface area contributed by atoms with E-state index in [1.54, 1.807) is 12.1 Å². The predicted octanol–water partition coefficient (Wildman–Crippen LogP) is 2.00. The SMILES string of the molecule is CC(NC(=O)COc1ccccc1C(N)=S)C1CCC1. The number of ether oxygens (including phenoxy) is 1. The number of amides is 1. The number of carbonyl (C=O) groups excluding carboxylic acids is 1. The van der Waals surface area contributed by atoms with Crippen LogP contribution in [0, 0.1) is 5.92 Å². The van der Waals surface area contributed by atoms with Crippen molar-refractivity contribution in [2.45, 2.75) is 32.2 Å². The van der Waals surface area contributed by atoms with Gasteiger partial charge in [0.1, 0.15) is 10.7 Å². The van der Waals surface area contributed by atoms with E-state index in [4.69, 9.17) is 22.7 Å². The Bertz CT molecular complexity index is 500. The first-order chi connectivity index (χ1) is 9.58. The maximum absolute atomic E-state index is 11.9. The summed E-state index contributed by atoms with van der Waals surface area (Å²) >= 11 is 4.95. The van der Waals surface area contributed by atoms with Gasteiger partial charge in [-0.1, -0.05) is 30.8 Å². The highest BCUT2D eigenvalue weighted by molar-refractivity contribution is 7.80. The van der Waals surface area contributed by atoms with E-state index in [-0.39, 0.29) is 23.5 Å². The van der Waals surface area contributed by atoms with Gasteiger partial charge in [-0.3, -0.25) is 4.79 Å². The predicted molar refractivity (Wildman–Crippen MR) is 82.8 cm³/mol. The van der Waals surface area contributed by atoms with Gasteiger partial charge in [-0.15, -0.1) is 0 Å². The molecule has 0 heterocycles. The van der Waals surface area contributed by atoms with Crippen LogP contribution in [-0.4, -0.2) is 23.5 Å². The number of hydrogen-bond acceptors (Lipinski definition) is 3. The van der Waals surface area contributed by atoms with Crippen molar-refractivity contribution in [2.75, 3.05) is 6.61 Å². The monoisotopic (exact) mass is 292 g/mol. The van der Waals surface area contributed by atoms with E-state index in [9.17, 15) is 4.79 Å². The Morgan fingerprint density at radius 1 is 1.50 bits per heavy atom. The molecule has 108 valence electrons. The van der Waals surface area contributed by atoms with Crippen LogP contribution in [0.1, 0.15) is 31.7 Å². The normalized spacial score (nSPS) is 16.1. The van der Waals surface area contributed by atoms with Crippen LogP contribution in [0.15, 0.2) is 24.3 Å². The highest BCUT2D eigenvalue weighted by atomic mass is 32.1. The highest BCUT2D eigenvalue weighted by Crippen LogP contribution is 2.29. The molecule has 1 saturated carbocycles. The van der Waals surface area contributed by atoms with Crippen LogP contribution < -0.4 is 15.8 Å². The van der Waals surface area contributed by atoms with Crippen molar-refractivity contribution in [3.8, 4) is 5.75 Å². The van der Waals surface area contributed by atoms with Gasteiger partial charge in [0.15, 0.2) is 6.61 Å². The molecule has 3 N–H and O–H groups in total. The Balaban J connectivity index is 1.85. The quantitative estimate of drug-likeness (QED) is 0.787. The minimum Gasteiger partial charge on any atom is -0.483 e. The molecule has 4 nitrogen and oxygen atoms in total. The fourth-order valence-electron chi connectivity index (χ4n) is 2.29. The van der Waals surface area contributed by atoms with Crippen LogP contribution in [0.25, 0.3) is 0 Å². The van der Waals surface area contributed by atoms with Crippen LogP contribution in [-0.2, 0) is 4.79 Å². The van der Waals surface area contributed by atoms with E-state index in [0.717, 1.165) is 0 Å². The molecule has 1 aliphatic carbocycles. The largest absolute Gasteiger partial charge is 0.483 e. The minimum atomic E-state index is -0.109. The average molecular weight is 292 g/mol. The van der Waals surface area contributed by atoms with E-state index < -0.39 is 0 Å². The van der Waals surface area contributed by atoms with Crippen molar-refractivity contribution in [1.82, 2.24) is 5.32 Å². The Labute approximate surface area is 124 Å². The zero-order valence-corrected chi connectivity index (χ0v) is 12.4. The van der Waals surface area contributed by atoms with E-state index in [0.29, 0.717) is 17.2 Å². The van der Waals surface area contributed by atoms with Gasteiger partial charge in [-0.2, -0.15) is 0 Å². The summed E-state index contributed by atoms with van der Waals surface area (Å²) in [6.45, 7) is 2.03. The van der Waals surface area contributed by atoms with Gasteiger partial charge in [0.05, 0.1) is 5.56 Å². The molecule has 20 heavy (non-hydrogen) atoms. The first-order valence-electron chi connectivity index (χ1n) is 6.89. The highest BCUT2D eigenvalue weighted by Gasteiger charge is 2.25. The molecule has 0 spiro atoms. The zero-order chi connectivity index (χ0) is 14.5. The summed E-state index contributed by atoms with van der Waals surface area (Å²) in [5.74, 6) is 1.05. The second kappa shape index (κ2) is 6.70. The summed E-state index contributed by atoms with van der Waals surface area (Å²) in [7, 11) is 0. The summed E-state index contributed by atoms with van der Waals surface area (Å²) in [5, 5.41) is 2.97. The van der Waals surface area contributed by atoms with Gasteiger partial charge >= 0.3 is 0 Å². The maximum atomic E-state index is 11.9. The number of nitrogens with two attached hydrogens (primary N) is 1. The van der Waals surface area contributed by atoms with E-state index in [1.807, 2.05) is 19.1 Å². The summed E-state index contributed by atoms with van der Waals surface area (Å²) in [5.41, 5.74) is 6.27. The number of carbonyl (C=O) groups is 1. The van der Waals surface area contributed by atoms with Gasteiger partial charge in [0, 0.05) is 6.04 Å². The molecule has 0 radical (unpaired) electrons. The molecule has 0 aromatic heterocycles. The van der Waals surface area contributed by atoms with Crippen molar-refractivity contribution in [2.24, 2.45) is 11.7 Å². The summed E-state index contributed by atoms with van der Waals surface area (Å²) in [6, 6.07) is 7.42.